The van der Waals surface area contributed by atoms with Crippen LogP contribution in [-0.4, -0.2) is 53.9 Å². The van der Waals surface area contributed by atoms with E-state index < -0.39 is 9.84 Å². The number of piperidine rings is 1. The van der Waals surface area contributed by atoms with Crippen molar-refractivity contribution in [2.75, 3.05) is 24.6 Å². The summed E-state index contributed by atoms with van der Waals surface area (Å²) >= 11 is 3.33. The van der Waals surface area contributed by atoms with E-state index in [2.05, 4.69) is 26.2 Å². The highest BCUT2D eigenvalue weighted by atomic mass is 79.9. The maximum atomic E-state index is 13.4. The molecule has 34 heavy (non-hydrogen) atoms. The van der Waals surface area contributed by atoms with Gasteiger partial charge in [0.25, 0.3) is 0 Å². The predicted octanol–water partition coefficient (Wildman–Crippen LogP) is 3.65. The van der Waals surface area contributed by atoms with E-state index in [0.29, 0.717) is 31.0 Å². The van der Waals surface area contributed by atoms with Crippen molar-refractivity contribution in [1.29, 1.82) is 0 Å². The van der Waals surface area contributed by atoms with Crippen LogP contribution in [0.2, 0.25) is 0 Å². The highest BCUT2D eigenvalue weighted by molar-refractivity contribution is 9.10. The molecule has 0 aliphatic carbocycles. The van der Waals surface area contributed by atoms with Gasteiger partial charge in [-0.05, 0) is 56.2 Å². The highest BCUT2D eigenvalue weighted by Crippen LogP contribution is 2.32. The predicted molar refractivity (Wildman–Crippen MR) is 129 cm³/mol. The topological polar surface area (TPSA) is 107 Å². The zero-order chi connectivity index (χ0) is 23.9. The lowest BCUT2D eigenvalue weighted by Crippen LogP contribution is -2.40. The van der Waals surface area contributed by atoms with Crippen molar-refractivity contribution >= 4 is 54.1 Å². The smallest absolute Gasteiger partial charge is 0.310 e. The summed E-state index contributed by atoms with van der Waals surface area (Å²) in [5, 5.41) is 8.76. The zero-order valence-corrected chi connectivity index (χ0v) is 20.8. The minimum atomic E-state index is -3.96. The molecule has 2 aromatic heterocycles. The summed E-state index contributed by atoms with van der Waals surface area (Å²) in [5.74, 6) is 0.119. The van der Waals surface area contributed by atoms with Crippen LogP contribution in [0.15, 0.2) is 62.9 Å². The largest absolute Gasteiger partial charge is 0.466 e. The molecule has 2 aromatic carbocycles. The summed E-state index contributed by atoms with van der Waals surface area (Å²) in [6, 6.07) is 13.9. The van der Waals surface area contributed by atoms with Crippen molar-refractivity contribution in [3.8, 4) is 0 Å². The number of hydrogen-bond acceptors (Lipinski definition) is 8. The summed E-state index contributed by atoms with van der Waals surface area (Å²) in [6.45, 7) is 3.27. The number of aromatic nitrogens is 4. The van der Waals surface area contributed by atoms with E-state index in [1.807, 2.05) is 29.2 Å². The van der Waals surface area contributed by atoms with E-state index in [1.165, 1.54) is 16.6 Å². The Hall–Kier alpha value is -3.05. The van der Waals surface area contributed by atoms with E-state index >= 15 is 0 Å². The normalized spacial score (nSPS) is 16.8. The number of carbonyl (C=O) groups excluding carboxylic acids is 1. The first kappa shape index (κ1) is 22.7. The second-order valence-electron chi connectivity index (χ2n) is 8.08. The van der Waals surface area contributed by atoms with Crippen molar-refractivity contribution in [1.82, 2.24) is 19.8 Å². The summed E-state index contributed by atoms with van der Waals surface area (Å²) in [4.78, 5) is 19.3. The number of para-hydroxylation sites is 1. The molecule has 0 bridgehead atoms. The van der Waals surface area contributed by atoms with Crippen LogP contribution in [0.1, 0.15) is 19.8 Å². The van der Waals surface area contributed by atoms with E-state index in [9.17, 15) is 13.2 Å². The van der Waals surface area contributed by atoms with Gasteiger partial charge in [0.15, 0.2) is 5.65 Å². The van der Waals surface area contributed by atoms with Gasteiger partial charge in [0.1, 0.15) is 5.82 Å². The van der Waals surface area contributed by atoms with Crippen LogP contribution in [0.3, 0.4) is 0 Å². The lowest BCUT2D eigenvalue weighted by Gasteiger charge is -2.33. The van der Waals surface area contributed by atoms with Gasteiger partial charge in [0, 0.05) is 22.9 Å². The number of nitrogens with zero attached hydrogens (tertiary/aromatic N) is 5. The van der Waals surface area contributed by atoms with Crippen molar-refractivity contribution in [2.24, 2.45) is 5.92 Å². The number of esters is 1. The third kappa shape index (κ3) is 3.92. The molecule has 0 saturated carbocycles. The molecule has 0 radical (unpaired) electrons. The number of halogens is 1. The molecular formula is C23H22BrN5O4S. The Morgan fingerprint density at radius 1 is 1.18 bits per heavy atom. The molecule has 0 amide bonds. The third-order valence-electron chi connectivity index (χ3n) is 5.92. The molecule has 9 nitrogen and oxygen atoms in total. The highest BCUT2D eigenvalue weighted by Gasteiger charge is 2.31. The van der Waals surface area contributed by atoms with Gasteiger partial charge < -0.3 is 9.64 Å². The lowest BCUT2D eigenvalue weighted by molar-refractivity contribution is -0.148. The number of ether oxygens (including phenoxy) is 1. The van der Waals surface area contributed by atoms with Crippen LogP contribution < -0.4 is 4.90 Å². The molecule has 3 heterocycles. The Morgan fingerprint density at radius 2 is 1.94 bits per heavy atom. The molecule has 1 aliphatic rings. The van der Waals surface area contributed by atoms with Gasteiger partial charge in [-0.3, -0.25) is 4.79 Å². The summed E-state index contributed by atoms with van der Waals surface area (Å²) < 4.78 is 34.3. The van der Waals surface area contributed by atoms with E-state index in [-0.39, 0.29) is 27.5 Å². The average molecular weight is 544 g/mol. The Kier molecular flexibility index (Phi) is 5.98. The fourth-order valence-corrected chi connectivity index (χ4v) is 5.79. The first-order valence-corrected chi connectivity index (χ1v) is 13.2. The number of carbonyl (C=O) groups is 1. The quantitative estimate of drug-likeness (QED) is 0.351. The first-order valence-electron chi connectivity index (χ1n) is 11.0. The molecule has 4 aromatic rings. The number of fused-ring (bicyclic) bond motifs is 3. The minimum absolute atomic E-state index is 0.106. The average Bonchev–Trinajstić information content (AvgIpc) is 3.29. The van der Waals surface area contributed by atoms with Gasteiger partial charge in [-0.1, -0.05) is 33.3 Å². The maximum absolute atomic E-state index is 13.4. The molecule has 5 rings (SSSR count). The van der Waals surface area contributed by atoms with Crippen LogP contribution in [0.5, 0.6) is 0 Å². The molecule has 176 valence electrons. The van der Waals surface area contributed by atoms with Crippen LogP contribution >= 0.6 is 15.9 Å². The van der Waals surface area contributed by atoms with Gasteiger partial charge in [0.2, 0.25) is 14.9 Å². The van der Waals surface area contributed by atoms with Gasteiger partial charge in [0.05, 0.1) is 22.9 Å². The number of hydrogen-bond donors (Lipinski definition) is 0. The zero-order valence-electron chi connectivity index (χ0n) is 18.4. The Bertz CT molecular complexity index is 1490. The van der Waals surface area contributed by atoms with Crippen molar-refractivity contribution in [2.45, 2.75) is 29.7 Å². The fraction of sp³-hybridized carbons (Fsp3) is 0.304. The molecular weight excluding hydrogens is 522 g/mol. The van der Waals surface area contributed by atoms with Crippen molar-refractivity contribution in [3.05, 3.63) is 53.0 Å². The molecule has 1 fully saturated rings. The summed E-state index contributed by atoms with van der Waals surface area (Å²) in [5.41, 5.74) is 0.834. The van der Waals surface area contributed by atoms with Crippen LogP contribution in [0.4, 0.5) is 5.82 Å². The number of rotatable bonds is 5. The molecule has 0 N–H and O–H groups in total. The van der Waals surface area contributed by atoms with E-state index in [4.69, 9.17) is 9.72 Å². The first-order chi connectivity index (χ1) is 16.4. The molecule has 1 saturated heterocycles. The minimum Gasteiger partial charge on any atom is -0.466 e. The van der Waals surface area contributed by atoms with Gasteiger partial charge in [-0.15, -0.1) is 5.10 Å². The summed E-state index contributed by atoms with van der Waals surface area (Å²) in [6.07, 6.45) is 1.54. The summed E-state index contributed by atoms with van der Waals surface area (Å²) in [7, 11) is -3.96. The second-order valence-corrected chi connectivity index (χ2v) is 10.9. The van der Waals surface area contributed by atoms with Crippen LogP contribution in [-0.2, 0) is 19.4 Å². The number of benzene rings is 2. The third-order valence-corrected chi connectivity index (χ3v) is 8.12. The van der Waals surface area contributed by atoms with Gasteiger partial charge >= 0.3 is 5.97 Å². The van der Waals surface area contributed by atoms with E-state index in [0.717, 1.165) is 22.7 Å². The van der Waals surface area contributed by atoms with Gasteiger partial charge in [-0.25, -0.2) is 13.4 Å². The second kappa shape index (κ2) is 8.95. The maximum Gasteiger partial charge on any atom is 0.310 e. The van der Waals surface area contributed by atoms with Crippen LogP contribution in [0.25, 0.3) is 16.6 Å². The van der Waals surface area contributed by atoms with Gasteiger partial charge in [-0.2, -0.15) is 4.52 Å². The van der Waals surface area contributed by atoms with E-state index in [1.54, 1.807) is 19.1 Å². The standard InChI is InChI=1S/C23H22BrN5O4S/c1-2-33-23(30)15-6-5-13-28(14-15)20-18-7-3-4-8-19(18)29-21(25-20)22(26-27-29)34(31,32)17-11-9-16(24)10-12-17/h3-4,7-12,15H,2,5-6,13-14H2,1H3/t15-/m1/s1. The van der Waals surface area contributed by atoms with Crippen LogP contribution in [0, 0.1) is 5.92 Å². The SMILES string of the molecule is CCOC(=O)[C@@H]1CCCN(c2nc3c(S(=O)(=O)c4ccc(Br)cc4)nnn3c3ccccc23)C1. The Morgan fingerprint density at radius 3 is 2.71 bits per heavy atom. The molecule has 1 atom stereocenters. The number of anilines is 1. The molecule has 1 aliphatic heterocycles. The monoisotopic (exact) mass is 543 g/mol. The molecule has 11 heteroatoms. The Balaban J connectivity index is 1.66. The van der Waals surface area contributed by atoms with Crippen molar-refractivity contribution in [3.63, 3.8) is 0 Å². The molecule has 0 unspecified atom stereocenters. The molecule has 0 spiro atoms. The lowest BCUT2D eigenvalue weighted by atomic mass is 9.98. The number of sulfone groups is 1. The Labute approximate surface area is 204 Å². The fourth-order valence-electron chi connectivity index (χ4n) is 4.29. The van der Waals surface area contributed by atoms with Crippen molar-refractivity contribution < 1.29 is 17.9 Å².